The van der Waals surface area contributed by atoms with E-state index in [4.69, 9.17) is 4.74 Å². The minimum Gasteiger partial charge on any atom is -0.497 e. The number of nitrogens with one attached hydrogen (secondary N) is 1. The van der Waals surface area contributed by atoms with E-state index in [0.29, 0.717) is 19.3 Å². The van der Waals surface area contributed by atoms with Crippen molar-refractivity contribution < 1.29 is 18.3 Å². The van der Waals surface area contributed by atoms with Gasteiger partial charge in [-0.1, -0.05) is 36.4 Å². The Labute approximate surface area is 155 Å². The zero-order chi connectivity index (χ0) is 18.6. The van der Waals surface area contributed by atoms with Crippen molar-refractivity contribution in [3.63, 3.8) is 0 Å². The van der Waals surface area contributed by atoms with E-state index < -0.39 is 15.6 Å². The molecule has 140 valence electrons. The molecule has 0 unspecified atom stereocenters. The Balaban J connectivity index is 1.54. The zero-order valence-electron chi connectivity index (χ0n) is 14.9. The van der Waals surface area contributed by atoms with E-state index in [0.717, 1.165) is 23.3 Å². The van der Waals surface area contributed by atoms with Gasteiger partial charge >= 0.3 is 0 Å². The highest BCUT2D eigenvalue weighted by molar-refractivity contribution is 7.89. The molecule has 2 N–H and O–H groups in total. The number of fused-ring (bicyclic) bond motifs is 1. The molecule has 0 aromatic heterocycles. The molecule has 26 heavy (non-hydrogen) atoms. The van der Waals surface area contributed by atoms with Gasteiger partial charge in [-0.2, -0.15) is 0 Å². The molecule has 3 rings (SSSR count). The molecule has 0 saturated heterocycles. The predicted molar refractivity (Wildman–Crippen MR) is 102 cm³/mol. The molecule has 0 heterocycles. The van der Waals surface area contributed by atoms with E-state index >= 15 is 0 Å². The lowest BCUT2D eigenvalue weighted by Crippen LogP contribution is -2.47. The first-order chi connectivity index (χ1) is 12.4. The highest BCUT2D eigenvalue weighted by Crippen LogP contribution is 2.28. The number of methoxy groups -OCH3 is 1. The summed E-state index contributed by atoms with van der Waals surface area (Å²) in [4.78, 5) is 0. The fourth-order valence-corrected chi connectivity index (χ4v) is 4.43. The van der Waals surface area contributed by atoms with E-state index in [2.05, 4.69) is 10.8 Å². The van der Waals surface area contributed by atoms with Crippen LogP contribution in [0.2, 0.25) is 0 Å². The Kier molecular flexibility index (Phi) is 5.65. The second kappa shape index (κ2) is 7.78. The molecule has 0 saturated carbocycles. The molecule has 1 aliphatic rings. The molecule has 0 fully saturated rings. The Morgan fingerprint density at radius 1 is 1.12 bits per heavy atom. The first-order valence-electron chi connectivity index (χ1n) is 8.79. The van der Waals surface area contributed by atoms with Crippen LogP contribution in [0.25, 0.3) is 0 Å². The molecule has 1 atom stereocenters. The van der Waals surface area contributed by atoms with Crippen molar-refractivity contribution in [3.05, 3.63) is 65.2 Å². The summed E-state index contributed by atoms with van der Waals surface area (Å²) in [6.07, 6.45) is 2.22. The number of rotatable bonds is 7. The Morgan fingerprint density at radius 3 is 2.50 bits per heavy atom. The predicted octanol–water partition coefficient (Wildman–Crippen LogP) is 2.08. The number of sulfonamides is 1. The molecule has 5 nitrogen and oxygen atoms in total. The topological polar surface area (TPSA) is 75.6 Å². The Hall–Kier alpha value is -1.89. The van der Waals surface area contributed by atoms with Gasteiger partial charge in [0.25, 0.3) is 0 Å². The molecule has 6 heteroatoms. The molecule has 2 aromatic carbocycles. The Morgan fingerprint density at radius 2 is 1.81 bits per heavy atom. The minimum absolute atomic E-state index is 0.00794. The normalized spacial score (nSPS) is 19.8. The van der Waals surface area contributed by atoms with Crippen LogP contribution in [0.4, 0.5) is 0 Å². The highest BCUT2D eigenvalue weighted by atomic mass is 32.2. The van der Waals surface area contributed by atoms with Crippen molar-refractivity contribution in [2.45, 2.75) is 31.3 Å². The average molecular weight is 375 g/mol. The second-order valence-electron chi connectivity index (χ2n) is 6.91. The highest BCUT2D eigenvalue weighted by Gasteiger charge is 2.33. The number of ether oxygens (including phenoxy) is 1. The third kappa shape index (κ3) is 4.84. The SMILES string of the molecule is COc1ccc(CCS(=O)(=O)NC[C@@]2(O)CCc3ccccc3C2)cc1. The van der Waals surface area contributed by atoms with E-state index in [-0.39, 0.29) is 12.3 Å². The van der Waals surface area contributed by atoms with Gasteiger partial charge in [-0.15, -0.1) is 0 Å². The summed E-state index contributed by atoms with van der Waals surface area (Å²) in [6.45, 7) is 0.0479. The number of hydrogen-bond acceptors (Lipinski definition) is 4. The maximum absolute atomic E-state index is 12.3. The van der Waals surface area contributed by atoms with Gasteiger partial charge in [-0.3, -0.25) is 0 Å². The molecular formula is C20H25NO4S. The van der Waals surface area contributed by atoms with Crippen LogP contribution in [0.15, 0.2) is 48.5 Å². The standard InChI is InChI=1S/C20H25NO4S/c1-25-19-8-6-16(7-9-19)11-13-26(23,24)21-15-20(22)12-10-17-4-2-3-5-18(17)14-20/h2-9,21-22H,10-15H2,1H3/t20-/m1/s1. The molecular weight excluding hydrogens is 350 g/mol. The number of aryl methyl sites for hydroxylation is 2. The van der Waals surface area contributed by atoms with Gasteiger partial charge in [-0.25, -0.2) is 13.1 Å². The van der Waals surface area contributed by atoms with Crippen molar-refractivity contribution in [2.24, 2.45) is 0 Å². The summed E-state index contributed by atoms with van der Waals surface area (Å²) in [5, 5.41) is 10.8. The van der Waals surface area contributed by atoms with Crippen LogP contribution in [-0.4, -0.2) is 38.5 Å². The first kappa shape index (κ1) is 18.9. The summed E-state index contributed by atoms with van der Waals surface area (Å²) in [7, 11) is -1.86. The number of benzene rings is 2. The van der Waals surface area contributed by atoms with Crippen LogP contribution in [0.5, 0.6) is 5.75 Å². The smallest absolute Gasteiger partial charge is 0.212 e. The quantitative estimate of drug-likeness (QED) is 0.777. The van der Waals surface area contributed by atoms with Crippen molar-refractivity contribution >= 4 is 10.0 Å². The fourth-order valence-electron chi connectivity index (χ4n) is 3.30. The van der Waals surface area contributed by atoms with E-state index in [1.807, 2.05) is 42.5 Å². The molecule has 0 amide bonds. The lowest BCUT2D eigenvalue weighted by molar-refractivity contribution is 0.0317. The lowest BCUT2D eigenvalue weighted by atomic mass is 9.80. The Bertz CT molecular complexity index is 848. The van der Waals surface area contributed by atoms with Crippen LogP contribution in [0.1, 0.15) is 23.1 Å². The van der Waals surface area contributed by atoms with Crippen LogP contribution in [0.3, 0.4) is 0 Å². The van der Waals surface area contributed by atoms with Crippen molar-refractivity contribution in [3.8, 4) is 5.75 Å². The maximum atomic E-state index is 12.3. The molecule has 2 aromatic rings. The van der Waals surface area contributed by atoms with Gasteiger partial charge < -0.3 is 9.84 Å². The monoisotopic (exact) mass is 375 g/mol. The van der Waals surface area contributed by atoms with E-state index in [1.54, 1.807) is 7.11 Å². The summed E-state index contributed by atoms with van der Waals surface area (Å²) < 4.78 is 32.3. The maximum Gasteiger partial charge on any atom is 0.212 e. The molecule has 0 aliphatic heterocycles. The minimum atomic E-state index is -3.45. The van der Waals surface area contributed by atoms with Gasteiger partial charge in [0.1, 0.15) is 5.75 Å². The summed E-state index contributed by atoms with van der Waals surface area (Å²) in [5.41, 5.74) is 2.24. The van der Waals surface area contributed by atoms with Gasteiger partial charge in [0.05, 0.1) is 18.5 Å². The third-order valence-corrected chi connectivity index (χ3v) is 6.26. The van der Waals surface area contributed by atoms with Crippen LogP contribution < -0.4 is 9.46 Å². The number of hydrogen-bond donors (Lipinski definition) is 2. The lowest BCUT2D eigenvalue weighted by Gasteiger charge is -2.33. The van der Waals surface area contributed by atoms with Gasteiger partial charge in [0.15, 0.2) is 0 Å². The van der Waals surface area contributed by atoms with Gasteiger partial charge in [-0.05, 0) is 48.1 Å². The number of aliphatic hydroxyl groups is 1. The largest absolute Gasteiger partial charge is 0.497 e. The summed E-state index contributed by atoms with van der Waals surface area (Å²) >= 11 is 0. The van der Waals surface area contributed by atoms with E-state index in [1.165, 1.54) is 5.56 Å². The molecule has 0 bridgehead atoms. The van der Waals surface area contributed by atoms with Crippen molar-refractivity contribution in [1.29, 1.82) is 0 Å². The van der Waals surface area contributed by atoms with Crippen LogP contribution >= 0.6 is 0 Å². The van der Waals surface area contributed by atoms with Crippen LogP contribution in [-0.2, 0) is 29.3 Å². The average Bonchev–Trinajstić information content (AvgIpc) is 2.65. The third-order valence-electron chi connectivity index (χ3n) is 4.94. The van der Waals surface area contributed by atoms with Gasteiger partial charge in [0, 0.05) is 13.0 Å². The van der Waals surface area contributed by atoms with Crippen molar-refractivity contribution in [2.75, 3.05) is 19.4 Å². The molecule has 0 spiro atoms. The summed E-state index contributed by atoms with van der Waals surface area (Å²) in [5.74, 6) is 0.737. The second-order valence-corrected chi connectivity index (χ2v) is 8.83. The van der Waals surface area contributed by atoms with E-state index in [9.17, 15) is 13.5 Å². The molecule has 1 aliphatic carbocycles. The fraction of sp³-hybridized carbons (Fsp3) is 0.400. The molecule has 0 radical (unpaired) electrons. The summed E-state index contributed by atoms with van der Waals surface area (Å²) in [6, 6.07) is 15.4. The zero-order valence-corrected chi connectivity index (χ0v) is 15.8. The van der Waals surface area contributed by atoms with Crippen molar-refractivity contribution in [1.82, 2.24) is 4.72 Å². The first-order valence-corrected chi connectivity index (χ1v) is 10.4. The van der Waals surface area contributed by atoms with Crippen LogP contribution in [0, 0.1) is 0 Å². The van der Waals surface area contributed by atoms with Gasteiger partial charge in [0.2, 0.25) is 10.0 Å².